The molecule has 0 radical (unpaired) electrons. The Bertz CT molecular complexity index is 420. The lowest BCUT2D eigenvalue weighted by molar-refractivity contribution is -0.159. The van der Waals surface area contributed by atoms with E-state index in [1.807, 2.05) is 4.90 Å². The van der Waals surface area contributed by atoms with Crippen LogP contribution in [0.5, 0.6) is 0 Å². The summed E-state index contributed by atoms with van der Waals surface area (Å²) >= 11 is 0. The second kappa shape index (κ2) is 6.96. The first kappa shape index (κ1) is 15.7. The molecule has 3 rings (SSSR count). The summed E-state index contributed by atoms with van der Waals surface area (Å²) in [5.41, 5.74) is 0. The van der Waals surface area contributed by atoms with Crippen LogP contribution in [0.15, 0.2) is 0 Å². The predicted octanol–water partition coefficient (Wildman–Crippen LogP) is 0.698. The number of fused-ring (bicyclic) bond motifs is 1. The maximum Gasteiger partial charge on any atom is 0.223 e. The second-order valence-electron chi connectivity index (χ2n) is 6.62. The van der Waals surface area contributed by atoms with E-state index >= 15 is 0 Å². The highest BCUT2D eigenvalue weighted by Crippen LogP contribution is 2.27. The van der Waals surface area contributed by atoms with Gasteiger partial charge in [0, 0.05) is 32.0 Å². The minimum absolute atomic E-state index is 0.0387. The van der Waals surface area contributed by atoms with Gasteiger partial charge in [-0.3, -0.25) is 9.59 Å². The van der Waals surface area contributed by atoms with E-state index < -0.39 is 0 Å². The average molecular weight is 310 g/mol. The van der Waals surface area contributed by atoms with E-state index in [2.05, 4.69) is 5.32 Å². The lowest BCUT2D eigenvalue weighted by Crippen LogP contribution is -2.51. The average Bonchev–Trinajstić information content (AvgIpc) is 2.55. The van der Waals surface area contributed by atoms with Gasteiger partial charge in [0.2, 0.25) is 11.8 Å². The number of hydrogen-bond acceptors (Lipinski definition) is 4. The summed E-state index contributed by atoms with van der Waals surface area (Å²) in [5.74, 6) is 0.284. The van der Waals surface area contributed by atoms with Crippen LogP contribution in [0.3, 0.4) is 0 Å². The number of nitrogens with one attached hydrogen (secondary N) is 1. The fourth-order valence-corrected chi connectivity index (χ4v) is 3.77. The number of piperidine rings is 1. The third-order valence-corrected chi connectivity index (χ3v) is 5.14. The molecule has 3 unspecified atom stereocenters. The molecule has 0 bridgehead atoms. The molecule has 6 nitrogen and oxygen atoms in total. The highest BCUT2D eigenvalue weighted by Gasteiger charge is 2.35. The molecule has 3 fully saturated rings. The molecular weight excluding hydrogens is 284 g/mol. The Morgan fingerprint density at radius 2 is 1.68 bits per heavy atom. The van der Waals surface area contributed by atoms with E-state index in [0.29, 0.717) is 26.3 Å². The molecular formula is C16H26N2O4. The van der Waals surface area contributed by atoms with Crippen LogP contribution in [-0.4, -0.2) is 61.3 Å². The van der Waals surface area contributed by atoms with Crippen molar-refractivity contribution >= 4 is 11.8 Å². The smallest absolute Gasteiger partial charge is 0.223 e. The molecule has 2 amide bonds. The maximum absolute atomic E-state index is 12.4. The van der Waals surface area contributed by atoms with Gasteiger partial charge in [-0.05, 0) is 32.1 Å². The second-order valence-corrected chi connectivity index (χ2v) is 6.62. The SMILES string of the molecule is CC(=O)N1CCC(C(=O)NC2CCC3OCCOC3C2)CC1. The maximum atomic E-state index is 12.4. The summed E-state index contributed by atoms with van der Waals surface area (Å²) in [7, 11) is 0. The predicted molar refractivity (Wildman–Crippen MR) is 80.2 cm³/mol. The van der Waals surface area contributed by atoms with Crippen molar-refractivity contribution in [3.63, 3.8) is 0 Å². The van der Waals surface area contributed by atoms with Crippen LogP contribution in [0, 0.1) is 5.92 Å². The lowest BCUT2D eigenvalue weighted by Gasteiger charge is -2.39. The molecule has 0 aromatic carbocycles. The Hall–Kier alpha value is -1.14. The van der Waals surface area contributed by atoms with E-state index in [1.165, 1.54) is 0 Å². The molecule has 2 heterocycles. The third-order valence-electron chi connectivity index (χ3n) is 5.14. The van der Waals surface area contributed by atoms with Crippen molar-refractivity contribution in [3.8, 4) is 0 Å². The number of ether oxygens (including phenoxy) is 2. The van der Waals surface area contributed by atoms with Crippen molar-refractivity contribution in [1.29, 1.82) is 0 Å². The Kier molecular flexibility index (Phi) is 4.98. The fraction of sp³-hybridized carbons (Fsp3) is 0.875. The Labute approximate surface area is 131 Å². The zero-order valence-corrected chi connectivity index (χ0v) is 13.3. The van der Waals surface area contributed by atoms with Crippen LogP contribution >= 0.6 is 0 Å². The summed E-state index contributed by atoms with van der Waals surface area (Å²) in [4.78, 5) is 25.6. The Morgan fingerprint density at radius 1 is 1.00 bits per heavy atom. The van der Waals surface area contributed by atoms with Gasteiger partial charge in [0.25, 0.3) is 0 Å². The normalized spacial score (nSPS) is 33.1. The molecule has 1 aliphatic carbocycles. The lowest BCUT2D eigenvalue weighted by atomic mass is 9.88. The molecule has 2 aliphatic heterocycles. The molecule has 2 saturated heterocycles. The monoisotopic (exact) mass is 310 g/mol. The van der Waals surface area contributed by atoms with E-state index in [-0.39, 0.29) is 36.0 Å². The summed E-state index contributed by atoms with van der Waals surface area (Å²) in [6.07, 6.45) is 4.64. The van der Waals surface area contributed by atoms with Crippen LogP contribution in [-0.2, 0) is 19.1 Å². The largest absolute Gasteiger partial charge is 0.373 e. The fourth-order valence-electron chi connectivity index (χ4n) is 3.77. The zero-order valence-electron chi connectivity index (χ0n) is 13.3. The highest BCUT2D eigenvalue weighted by atomic mass is 16.6. The van der Waals surface area contributed by atoms with Crippen LogP contribution < -0.4 is 5.32 Å². The zero-order chi connectivity index (χ0) is 15.5. The van der Waals surface area contributed by atoms with Crippen molar-refractivity contribution in [2.45, 2.75) is 57.3 Å². The van der Waals surface area contributed by atoms with Gasteiger partial charge < -0.3 is 19.7 Å². The molecule has 3 atom stereocenters. The standard InChI is InChI=1S/C16H26N2O4/c1-11(19)18-6-4-12(5-7-18)16(20)17-13-2-3-14-15(10-13)22-9-8-21-14/h12-15H,2-10H2,1H3,(H,17,20). The Balaban J connectivity index is 1.45. The topological polar surface area (TPSA) is 67.9 Å². The summed E-state index contributed by atoms with van der Waals surface area (Å²) in [5, 5.41) is 3.19. The van der Waals surface area contributed by atoms with Crippen molar-refractivity contribution < 1.29 is 19.1 Å². The van der Waals surface area contributed by atoms with E-state index in [4.69, 9.17) is 9.47 Å². The number of carbonyl (C=O) groups excluding carboxylic acids is 2. The minimum Gasteiger partial charge on any atom is -0.373 e. The molecule has 3 aliphatic rings. The first-order valence-electron chi connectivity index (χ1n) is 8.42. The molecule has 1 N–H and O–H groups in total. The van der Waals surface area contributed by atoms with Gasteiger partial charge in [-0.2, -0.15) is 0 Å². The molecule has 1 saturated carbocycles. The molecule has 0 spiro atoms. The van der Waals surface area contributed by atoms with Gasteiger partial charge in [0.15, 0.2) is 0 Å². The number of nitrogens with zero attached hydrogens (tertiary/aromatic N) is 1. The summed E-state index contributed by atoms with van der Waals surface area (Å²) in [6.45, 7) is 4.32. The van der Waals surface area contributed by atoms with Gasteiger partial charge in [-0.15, -0.1) is 0 Å². The Morgan fingerprint density at radius 3 is 2.36 bits per heavy atom. The van der Waals surface area contributed by atoms with Crippen molar-refractivity contribution in [2.75, 3.05) is 26.3 Å². The first-order chi connectivity index (χ1) is 10.6. The number of rotatable bonds is 2. The minimum atomic E-state index is 0.0387. The van der Waals surface area contributed by atoms with Gasteiger partial charge >= 0.3 is 0 Å². The van der Waals surface area contributed by atoms with Gasteiger partial charge in [-0.25, -0.2) is 0 Å². The molecule has 22 heavy (non-hydrogen) atoms. The highest BCUT2D eigenvalue weighted by molar-refractivity contribution is 5.79. The van der Waals surface area contributed by atoms with Crippen LogP contribution in [0.2, 0.25) is 0 Å². The van der Waals surface area contributed by atoms with Crippen molar-refractivity contribution in [2.24, 2.45) is 5.92 Å². The third kappa shape index (κ3) is 3.60. The van der Waals surface area contributed by atoms with Crippen LogP contribution in [0.4, 0.5) is 0 Å². The van der Waals surface area contributed by atoms with E-state index in [9.17, 15) is 9.59 Å². The van der Waals surface area contributed by atoms with E-state index in [1.54, 1.807) is 6.92 Å². The molecule has 0 aromatic rings. The van der Waals surface area contributed by atoms with Crippen LogP contribution in [0.25, 0.3) is 0 Å². The summed E-state index contributed by atoms with van der Waals surface area (Å²) in [6, 6.07) is 0.196. The first-order valence-corrected chi connectivity index (χ1v) is 8.42. The number of likely N-dealkylation sites (tertiary alicyclic amines) is 1. The number of hydrogen-bond donors (Lipinski definition) is 1. The summed E-state index contributed by atoms with van der Waals surface area (Å²) < 4.78 is 11.5. The van der Waals surface area contributed by atoms with Gasteiger partial charge in [0.1, 0.15) is 0 Å². The van der Waals surface area contributed by atoms with Crippen molar-refractivity contribution in [3.05, 3.63) is 0 Å². The van der Waals surface area contributed by atoms with Gasteiger partial charge in [0.05, 0.1) is 25.4 Å². The van der Waals surface area contributed by atoms with Gasteiger partial charge in [-0.1, -0.05) is 0 Å². The molecule has 6 heteroatoms. The van der Waals surface area contributed by atoms with E-state index in [0.717, 1.165) is 32.1 Å². The molecule has 0 aromatic heterocycles. The van der Waals surface area contributed by atoms with Crippen LogP contribution in [0.1, 0.15) is 39.0 Å². The quantitative estimate of drug-likeness (QED) is 0.815. The number of carbonyl (C=O) groups is 2. The number of amides is 2. The van der Waals surface area contributed by atoms with Crippen molar-refractivity contribution in [1.82, 2.24) is 10.2 Å². The molecule has 124 valence electrons.